The Labute approximate surface area is 316 Å². The zero-order valence-electron chi connectivity index (χ0n) is 32.7. The number of aryl methyl sites for hydroxylation is 2. The number of hydrogen-bond acceptors (Lipinski definition) is 8. The van der Waals surface area contributed by atoms with Crippen LogP contribution in [0.2, 0.25) is 0 Å². The van der Waals surface area contributed by atoms with Crippen LogP contribution in [0.25, 0.3) is 33.6 Å². The van der Waals surface area contributed by atoms with Crippen LogP contribution in [0.5, 0.6) is 5.75 Å². The molecule has 3 aliphatic heterocycles. The summed E-state index contributed by atoms with van der Waals surface area (Å²) in [7, 11) is 1.70. The number of benzene rings is 2. The fraction of sp³-hybridized carbons (Fsp3) is 0.524. The highest BCUT2D eigenvalue weighted by Crippen LogP contribution is 2.46. The topological polar surface area (TPSA) is 135 Å². The summed E-state index contributed by atoms with van der Waals surface area (Å²) in [6, 6.07) is 10.5. The maximum atomic E-state index is 13.3. The molecule has 5 heterocycles. The summed E-state index contributed by atoms with van der Waals surface area (Å²) in [6.07, 6.45) is 4.50. The minimum atomic E-state index is -0.592. The largest absolute Gasteiger partial charge is 0.488 e. The molecule has 12 heteroatoms. The van der Waals surface area contributed by atoms with Crippen molar-refractivity contribution in [2.45, 2.75) is 104 Å². The molecule has 4 atom stereocenters. The normalized spacial score (nSPS) is 21.9. The van der Waals surface area contributed by atoms with E-state index in [4.69, 9.17) is 28.9 Å². The SMILES string of the molecule is COCC1CC(c2nc3c([nH]2)CCc2cc4c(cc2-3)OCc2cc(-c3cnc(C5CC(C)CN5C(=O)OC(C)(C)C)[nH]3)ccc2-4)N(C(=O)OC(C)(C)C)C1. The van der Waals surface area contributed by atoms with E-state index in [2.05, 4.69) is 47.2 Å². The lowest BCUT2D eigenvalue weighted by molar-refractivity contribution is 0.0201. The van der Waals surface area contributed by atoms with Crippen molar-refractivity contribution in [3.05, 3.63) is 65.0 Å². The first-order valence-corrected chi connectivity index (χ1v) is 19.2. The minimum Gasteiger partial charge on any atom is -0.488 e. The first kappa shape index (κ1) is 36.2. The third-order valence-electron chi connectivity index (χ3n) is 10.8. The Morgan fingerprint density at radius 1 is 0.852 bits per heavy atom. The Morgan fingerprint density at radius 3 is 2.30 bits per heavy atom. The van der Waals surface area contributed by atoms with E-state index in [9.17, 15) is 9.59 Å². The number of aromatic nitrogens is 4. The zero-order valence-corrected chi connectivity index (χ0v) is 32.7. The smallest absolute Gasteiger partial charge is 0.410 e. The number of hydrogen-bond donors (Lipinski definition) is 2. The molecule has 2 aromatic heterocycles. The number of likely N-dealkylation sites (tertiary alicyclic amines) is 2. The molecular weight excluding hydrogens is 684 g/mol. The van der Waals surface area contributed by atoms with Gasteiger partial charge >= 0.3 is 12.2 Å². The van der Waals surface area contributed by atoms with Gasteiger partial charge in [-0.1, -0.05) is 19.1 Å². The van der Waals surface area contributed by atoms with E-state index in [0.717, 1.165) is 88.0 Å². The van der Waals surface area contributed by atoms with Gasteiger partial charge in [-0.2, -0.15) is 0 Å². The number of carbonyl (C=O) groups excluding carboxylic acids is 2. The summed E-state index contributed by atoms with van der Waals surface area (Å²) in [4.78, 5) is 47.0. The van der Waals surface area contributed by atoms with Crippen LogP contribution in [0.15, 0.2) is 36.5 Å². The second kappa shape index (κ2) is 13.5. The van der Waals surface area contributed by atoms with Gasteiger partial charge < -0.3 is 28.9 Å². The summed E-state index contributed by atoms with van der Waals surface area (Å²) >= 11 is 0. The Morgan fingerprint density at radius 2 is 1.57 bits per heavy atom. The third kappa shape index (κ3) is 6.96. The monoisotopic (exact) mass is 736 g/mol. The van der Waals surface area contributed by atoms with Crippen LogP contribution in [-0.2, 0) is 33.7 Å². The van der Waals surface area contributed by atoms with Gasteiger partial charge in [-0.15, -0.1) is 0 Å². The summed E-state index contributed by atoms with van der Waals surface area (Å²) in [5, 5.41) is 0. The number of ether oxygens (including phenoxy) is 4. The van der Waals surface area contributed by atoms with E-state index in [1.807, 2.05) is 47.7 Å². The summed E-state index contributed by atoms with van der Waals surface area (Å²) in [6.45, 7) is 15.7. The predicted octanol–water partition coefficient (Wildman–Crippen LogP) is 8.39. The fourth-order valence-corrected chi connectivity index (χ4v) is 8.47. The molecule has 8 rings (SSSR count). The molecule has 1 aliphatic carbocycles. The first-order valence-electron chi connectivity index (χ1n) is 19.2. The zero-order chi connectivity index (χ0) is 38.1. The molecule has 0 spiro atoms. The molecule has 2 N–H and O–H groups in total. The molecule has 0 saturated carbocycles. The molecule has 286 valence electrons. The van der Waals surface area contributed by atoms with Gasteiger partial charge in [-0.25, -0.2) is 19.6 Å². The van der Waals surface area contributed by atoms with E-state index >= 15 is 0 Å². The van der Waals surface area contributed by atoms with Gasteiger partial charge in [0.1, 0.15) is 35.2 Å². The number of fused-ring (bicyclic) bond motifs is 6. The molecule has 4 aliphatic rings. The lowest BCUT2D eigenvalue weighted by Crippen LogP contribution is -2.37. The molecule has 4 unspecified atom stereocenters. The van der Waals surface area contributed by atoms with Crippen molar-refractivity contribution in [3.63, 3.8) is 0 Å². The van der Waals surface area contributed by atoms with Crippen molar-refractivity contribution >= 4 is 12.2 Å². The number of nitrogens with zero attached hydrogens (tertiary/aromatic N) is 4. The lowest BCUT2D eigenvalue weighted by Gasteiger charge is -2.27. The molecule has 12 nitrogen and oxygen atoms in total. The number of aromatic amines is 2. The number of H-pyrrole nitrogens is 2. The molecule has 0 bridgehead atoms. The van der Waals surface area contributed by atoms with E-state index < -0.39 is 11.2 Å². The number of imidazole rings is 2. The molecule has 2 amide bonds. The Kier molecular flexibility index (Phi) is 9.02. The maximum Gasteiger partial charge on any atom is 0.410 e. The van der Waals surface area contributed by atoms with E-state index in [1.54, 1.807) is 16.9 Å². The Bertz CT molecular complexity index is 2090. The van der Waals surface area contributed by atoms with Crippen molar-refractivity contribution in [3.8, 4) is 39.4 Å². The molecule has 4 aromatic rings. The van der Waals surface area contributed by atoms with Gasteiger partial charge in [0.25, 0.3) is 0 Å². The second-order valence-corrected chi connectivity index (χ2v) is 17.5. The lowest BCUT2D eigenvalue weighted by atomic mass is 9.86. The van der Waals surface area contributed by atoms with Gasteiger partial charge in [0.2, 0.25) is 0 Å². The average Bonchev–Trinajstić information content (AvgIpc) is 3.91. The Hall–Kier alpha value is -4.84. The molecule has 2 aromatic carbocycles. The van der Waals surface area contributed by atoms with Gasteiger partial charge in [0, 0.05) is 42.9 Å². The third-order valence-corrected chi connectivity index (χ3v) is 10.8. The van der Waals surface area contributed by atoms with E-state index in [0.29, 0.717) is 32.2 Å². The highest BCUT2D eigenvalue weighted by molar-refractivity contribution is 5.83. The van der Waals surface area contributed by atoms with Crippen LogP contribution in [-0.4, -0.2) is 79.9 Å². The molecule has 0 radical (unpaired) electrons. The van der Waals surface area contributed by atoms with Crippen molar-refractivity contribution < 1.29 is 28.5 Å². The predicted molar refractivity (Wildman–Crippen MR) is 204 cm³/mol. The summed E-state index contributed by atoms with van der Waals surface area (Å²) < 4.78 is 23.4. The summed E-state index contributed by atoms with van der Waals surface area (Å²) in [5.41, 5.74) is 8.40. The van der Waals surface area contributed by atoms with Gasteiger partial charge in [-0.3, -0.25) is 9.80 Å². The summed E-state index contributed by atoms with van der Waals surface area (Å²) in [5.74, 6) is 2.94. The highest BCUT2D eigenvalue weighted by atomic mass is 16.6. The van der Waals surface area contributed by atoms with Crippen molar-refractivity contribution in [1.82, 2.24) is 29.7 Å². The average molecular weight is 737 g/mol. The van der Waals surface area contributed by atoms with E-state index in [1.165, 1.54) is 5.56 Å². The first-order chi connectivity index (χ1) is 25.6. The van der Waals surface area contributed by atoms with Gasteiger partial charge in [0.05, 0.1) is 36.3 Å². The van der Waals surface area contributed by atoms with Gasteiger partial charge in [0.15, 0.2) is 0 Å². The van der Waals surface area contributed by atoms with Crippen LogP contribution >= 0.6 is 0 Å². The number of rotatable bonds is 5. The molecular formula is C42H52N6O6. The van der Waals surface area contributed by atoms with Crippen molar-refractivity contribution in [1.29, 1.82) is 0 Å². The maximum absolute atomic E-state index is 13.3. The van der Waals surface area contributed by atoms with Crippen LogP contribution < -0.4 is 4.74 Å². The standard InChI is InChI=1S/C42H52N6O6/c1-23-13-33(47(19-23)39(49)53-41(2,3)4)37-43-18-32(45-37)26-9-11-28-27(15-26)22-52-35-17-29-25(16-30(28)35)10-12-31-36(29)46-38(44-31)34-14-24(21-51-8)20-48(34)40(50)54-42(5,6)7/h9,11,15-18,23-24,33-34H,10,12-14,19-22H2,1-8H3,(H,43,45)(H,44,46). The van der Waals surface area contributed by atoms with E-state index in [-0.39, 0.29) is 30.2 Å². The Balaban J connectivity index is 1.04. The van der Waals surface area contributed by atoms with Crippen LogP contribution in [0, 0.1) is 11.8 Å². The van der Waals surface area contributed by atoms with Crippen molar-refractivity contribution in [2.75, 3.05) is 26.8 Å². The molecule has 2 fully saturated rings. The number of carbonyl (C=O) groups is 2. The highest BCUT2D eigenvalue weighted by Gasteiger charge is 2.41. The van der Waals surface area contributed by atoms with Crippen LogP contribution in [0.4, 0.5) is 9.59 Å². The number of nitrogens with one attached hydrogen (secondary N) is 2. The molecule has 54 heavy (non-hydrogen) atoms. The van der Waals surface area contributed by atoms with Crippen molar-refractivity contribution in [2.24, 2.45) is 11.8 Å². The minimum absolute atomic E-state index is 0.164. The molecule has 2 saturated heterocycles. The van der Waals surface area contributed by atoms with Gasteiger partial charge in [-0.05, 0) is 114 Å². The number of methoxy groups -OCH3 is 1. The fourth-order valence-electron chi connectivity index (χ4n) is 8.47. The quantitative estimate of drug-likeness (QED) is 0.209. The number of amides is 2. The van der Waals surface area contributed by atoms with Crippen LogP contribution in [0.1, 0.15) is 102 Å². The van der Waals surface area contributed by atoms with Crippen LogP contribution in [0.3, 0.4) is 0 Å². The second-order valence-electron chi connectivity index (χ2n) is 17.5.